The molecule has 1 aromatic heterocycles. The summed E-state index contributed by atoms with van der Waals surface area (Å²) in [5.41, 5.74) is 3.43. The highest BCUT2D eigenvalue weighted by molar-refractivity contribution is 7.91. The van der Waals surface area contributed by atoms with Gasteiger partial charge in [0.05, 0.1) is 4.90 Å². The van der Waals surface area contributed by atoms with E-state index in [2.05, 4.69) is 10.3 Å². The number of halogens is 1. The standard InChI is InChI=1S/C23H19ClN2O3S/c1-15-12-16(2)14-19(13-15)25-22-23(30(27,28)20-6-4-3-5-7-20)26-21(29-22)17-8-10-18(24)11-9-17/h3-14,25H,1-2H3. The van der Waals surface area contributed by atoms with Gasteiger partial charge in [0.25, 0.3) is 0 Å². The van der Waals surface area contributed by atoms with Gasteiger partial charge in [-0.15, -0.1) is 0 Å². The number of sulfone groups is 1. The molecule has 0 radical (unpaired) electrons. The molecule has 0 atom stereocenters. The number of hydrogen-bond donors (Lipinski definition) is 1. The molecule has 0 bridgehead atoms. The van der Waals surface area contributed by atoms with Gasteiger partial charge in [0.2, 0.25) is 26.6 Å². The molecule has 1 N–H and O–H groups in total. The fraction of sp³-hybridized carbons (Fsp3) is 0.0870. The zero-order chi connectivity index (χ0) is 21.3. The maximum atomic E-state index is 13.3. The summed E-state index contributed by atoms with van der Waals surface area (Å²) in [7, 11) is -3.90. The van der Waals surface area contributed by atoms with E-state index in [1.165, 1.54) is 12.1 Å². The van der Waals surface area contributed by atoms with Crippen LogP contribution in [0.4, 0.5) is 11.6 Å². The third-order valence-electron chi connectivity index (χ3n) is 4.47. The zero-order valence-electron chi connectivity index (χ0n) is 16.4. The van der Waals surface area contributed by atoms with Crippen molar-refractivity contribution >= 4 is 33.0 Å². The first-order valence-corrected chi connectivity index (χ1v) is 11.1. The molecular formula is C23H19ClN2O3S. The Morgan fingerprint density at radius 1 is 0.900 bits per heavy atom. The molecule has 0 fully saturated rings. The molecule has 0 amide bonds. The fourth-order valence-electron chi connectivity index (χ4n) is 3.17. The molecule has 0 saturated heterocycles. The van der Waals surface area contributed by atoms with Crippen LogP contribution in [-0.4, -0.2) is 13.4 Å². The SMILES string of the molecule is Cc1cc(C)cc(Nc2oc(-c3ccc(Cl)cc3)nc2S(=O)(=O)c2ccccc2)c1. The van der Waals surface area contributed by atoms with Crippen LogP contribution in [0.25, 0.3) is 11.5 Å². The molecule has 4 rings (SSSR count). The molecule has 30 heavy (non-hydrogen) atoms. The maximum Gasteiger partial charge on any atom is 0.238 e. The van der Waals surface area contributed by atoms with Gasteiger partial charge >= 0.3 is 0 Å². The number of nitrogens with zero attached hydrogens (tertiary/aromatic N) is 1. The lowest BCUT2D eigenvalue weighted by Gasteiger charge is -2.08. The van der Waals surface area contributed by atoms with Crippen LogP contribution in [0, 0.1) is 13.8 Å². The topological polar surface area (TPSA) is 72.2 Å². The summed E-state index contributed by atoms with van der Waals surface area (Å²) < 4.78 is 32.5. The van der Waals surface area contributed by atoms with E-state index in [1.807, 2.05) is 32.0 Å². The summed E-state index contributed by atoms with van der Waals surface area (Å²) in [6.45, 7) is 3.94. The van der Waals surface area contributed by atoms with Crippen LogP contribution >= 0.6 is 11.6 Å². The van der Waals surface area contributed by atoms with Crippen LogP contribution in [0.15, 0.2) is 87.1 Å². The number of anilines is 2. The van der Waals surface area contributed by atoms with Crippen LogP contribution < -0.4 is 5.32 Å². The normalized spacial score (nSPS) is 11.4. The highest BCUT2D eigenvalue weighted by atomic mass is 35.5. The van der Waals surface area contributed by atoms with Crippen molar-refractivity contribution in [3.63, 3.8) is 0 Å². The second-order valence-electron chi connectivity index (χ2n) is 6.98. The van der Waals surface area contributed by atoms with Crippen molar-refractivity contribution in [1.29, 1.82) is 0 Å². The van der Waals surface area contributed by atoms with Gasteiger partial charge in [-0.3, -0.25) is 0 Å². The van der Waals surface area contributed by atoms with Gasteiger partial charge in [-0.1, -0.05) is 35.9 Å². The predicted molar refractivity (Wildman–Crippen MR) is 118 cm³/mol. The summed E-state index contributed by atoms with van der Waals surface area (Å²) in [6.07, 6.45) is 0. The molecule has 0 spiro atoms. The zero-order valence-corrected chi connectivity index (χ0v) is 18.0. The largest absolute Gasteiger partial charge is 0.419 e. The van der Waals surface area contributed by atoms with Gasteiger partial charge < -0.3 is 9.73 Å². The van der Waals surface area contributed by atoms with E-state index in [0.717, 1.165) is 16.8 Å². The number of hydrogen-bond acceptors (Lipinski definition) is 5. The maximum absolute atomic E-state index is 13.3. The van der Waals surface area contributed by atoms with Gasteiger partial charge in [0, 0.05) is 16.3 Å². The van der Waals surface area contributed by atoms with E-state index >= 15 is 0 Å². The van der Waals surface area contributed by atoms with Crippen LogP contribution in [0.1, 0.15) is 11.1 Å². The summed E-state index contributed by atoms with van der Waals surface area (Å²) in [5.74, 6) is 0.252. The quantitative estimate of drug-likeness (QED) is 0.402. The number of nitrogens with one attached hydrogen (secondary N) is 1. The summed E-state index contributed by atoms with van der Waals surface area (Å²) >= 11 is 5.97. The van der Waals surface area contributed by atoms with Gasteiger partial charge in [0.15, 0.2) is 0 Å². The molecule has 0 aliphatic rings. The molecule has 0 aliphatic carbocycles. The van der Waals surface area contributed by atoms with Crippen molar-refractivity contribution in [2.24, 2.45) is 0 Å². The van der Waals surface area contributed by atoms with Gasteiger partial charge in [0.1, 0.15) is 0 Å². The second-order valence-corrected chi connectivity index (χ2v) is 9.28. The molecule has 1 heterocycles. The Balaban J connectivity index is 1.85. The van der Waals surface area contributed by atoms with Gasteiger partial charge in [-0.05, 0) is 73.5 Å². The third-order valence-corrected chi connectivity index (χ3v) is 6.41. The average Bonchev–Trinajstić information content (AvgIpc) is 3.13. The number of rotatable bonds is 5. The van der Waals surface area contributed by atoms with Crippen molar-refractivity contribution in [3.05, 3.63) is 88.9 Å². The predicted octanol–water partition coefficient (Wildman–Crippen LogP) is 6.19. The van der Waals surface area contributed by atoms with Gasteiger partial charge in [-0.2, -0.15) is 4.98 Å². The number of aryl methyl sites for hydroxylation is 2. The molecule has 152 valence electrons. The minimum Gasteiger partial charge on any atom is -0.419 e. The van der Waals surface area contributed by atoms with E-state index in [0.29, 0.717) is 10.6 Å². The lowest BCUT2D eigenvalue weighted by atomic mass is 10.1. The molecule has 0 saturated carbocycles. The van der Waals surface area contributed by atoms with E-state index in [-0.39, 0.29) is 21.7 Å². The van der Waals surface area contributed by atoms with Crippen molar-refractivity contribution < 1.29 is 12.8 Å². The molecule has 0 unspecified atom stereocenters. The number of benzene rings is 3. The summed E-state index contributed by atoms with van der Waals surface area (Å²) in [5, 5.41) is 3.49. The van der Waals surface area contributed by atoms with Crippen molar-refractivity contribution in [2.45, 2.75) is 23.8 Å². The molecule has 0 aliphatic heterocycles. The highest BCUT2D eigenvalue weighted by Gasteiger charge is 2.28. The highest BCUT2D eigenvalue weighted by Crippen LogP contribution is 2.34. The van der Waals surface area contributed by atoms with Crippen LogP contribution in [-0.2, 0) is 9.84 Å². The molecular weight excluding hydrogens is 420 g/mol. The molecule has 7 heteroatoms. The second kappa shape index (κ2) is 7.97. The Bertz CT molecular complexity index is 1280. The smallest absolute Gasteiger partial charge is 0.238 e. The average molecular weight is 439 g/mol. The fourth-order valence-corrected chi connectivity index (χ4v) is 4.58. The Kier molecular flexibility index (Phi) is 5.37. The number of oxazole rings is 1. The first-order chi connectivity index (χ1) is 14.3. The third kappa shape index (κ3) is 4.10. The van der Waals surface area contributed by atoms with Crippen molar-refractivity contribution in [1.82, 2.24) is 4.98 Å². The molecule has 3 aromatic carbocycles. The van der Waals surface area contributed by atoms with E-state index in [4.69, 9.17) is 16.0 Å². The first kappa shape index (κ1) is 20.2. The summed E-state index contributed by atoms with van der Waals surface area (Å²) in [6, 6.07) is 20.9. The molecule has 5 nitrogen and oxygen atoms in total. The van der Waals surface area contributed by atoms with Gasteiger partial charge in [-0.25, -0.2) is 8.42 Å². The first-order valence-electron chi connectivity index (χ1n) is 9.25. The summed E-state index contributed by atoms with van der Waals surface area (Å²) in [4.78, 5) is 4.48. The van der Waals surface area contributed by atoms with E-state index in [9.17, 15) is 8.42 Å². The van der Waals surface area contributed by atoms with Crippen LogP contribution in [0.2, 0.25) is 5.02 Å². The minimum absolute atomic E-state index is 0.0637. The number of aromatic nitrogens is 1. The lowest BCUT2D eigenvalue weighted by Crippen LogP contribution is -2.05. The van der Waals surface area contributed by atoms with Crippen molar-refractivity contribution in [3.8, 4) is 11.5 Å². The molecule has 4 aromatic rings. The van der Waals surface area contributed by atoms with Crippen molar-refractivity contribution in [2.75, 3.05) is 5.32 Å². The lowest BCUT2D eigenvalue weighted by molar-refractivity contribution is 0.582. The van der Waals surface area contributed by atoms with E-state index < -0.39 is 9.84 Å². The Morgan fingerprint density at radius 2 is 1.53 bits per heavy atom. The van der Waals surface area contributed by atoms with Crippen LogP contribution in [0.3, 0.4) is 0 Å². The Morgan fingerprint density at radius 3 is 2.17 bits per heavy atom. The van der Waals surface area contributed by atoms with E-state index in [1.54, 1.807) is 42.5 Å². The Hall–Kier alpha value is -3.09. The van der Waals surface area contributed by atoms with Crippen LogP contribution in [0.5, 0.6) is 0 Å². The minimum atomic E-state index is -3.90. The monoisotopic (exact) mass is 438 g/mol. The Labute approximate surface area is 180 Å².